The fraction of sp³-hybridized carbons (Fsp3) is 0.353. The number of hydrogen-bond donors (Lipinski definition) is 2. The van der Waals surface area contributed by atoms with Gasteiger partial charge in [0.15, 0.2) is 5.82 Å². The van der Waals surface area contributed by atoms with Crippen molar-refractivity contribution in [3.05, 3.63) is 29.5 Å². The van der Waals surface area contributed by atoms with Gasteiger partial charge in [-0.05, 0) is 44.5 Å². The standard InChI is InChI=1S/C17H18N5O2.V/c1-9-6-13(21-20-9)15-18-11-7-10-14(8-12(11)19-15)22(4-5-23)16(24)17(10,2)3;/h6-8H,4-5H2,1-3H3,(H,18,19)(H,20,21);/q-1;. The average molecular weight is 375 g/mol. The predicted octanol–water partition coefficient (Wildman–Crippen LogP) is 1.24. The molecule has 0 unspecified atom stereocenters. The van der Waals surface area contributed by atoms with Gasteiger partial charge in [-0.15, -0.1) is 6.61 Å². The molecule has 0 bridgehead atoms. The van der Waals surface area contributed by atoms with E-state index in [0.717, 1.165) is 33.7 Å². The van der Waals surface area contributed by atoms with E-state index in [0.29, 0.717) is 5.82 Å². The molecule has 2 N–H and O–H groups in total. The fourth-order valence-electron chi connectivity index (χ4n) is 3.31. The Labute approximate surface area is 156 Å². The third kappa shape index (κ3) is 2.59. The number of imidazole rings is 1. The molecule has 1 amide bonds. The van der Waals surface area contributed by atoms with Crippen LogP contribution < -0.4 is 10.0 Å². The predicted molar refractivity (Wildman–Crippen MR) is 88.7 cm³/mol. The van der Waals surface area contributed by atoms with Gasteiger partial charge in [-0.1, -0.05) is 0 Å². The van der Waals surface area contributed by atoms with Crippen molar-refractivity contribution in [3.63, 3.8) is 0 Å². The van der Waals surface area contributed by atoms with Crippen LogP contribution in [0, 0.1) is 6.92 Å². The van der Waals surface area contributed by atoms with Crippen LogP contribution in [-0.4, -0.2) is 39.2 Å². The van der Waals surface area contributed by atoms with Crippen molar-refractivity contribution >= 4 is 22.6 Å². The van der Waals surface area contributed by atoms with Crippen LogP contribution in [0.5, 0.6) is 0 Å². The second-order valence-corrected chi connectivity index (χ2v) is 6.69. The molecule has 0 saturated carbocycles. The zero-order valence-corrected chi connectivity index (χ0v) is 15.6. The SMILES string of the molecule is Cc1cc(-c2nc3cc4c(cc3[nH]2)C(C)(C)C(=O)N4CC[O-])n[nH]1.[V]. The van der Waals surface area contributed by atoms with Crippen molar-refractivity contribution in [1.29, 1.82) is 0 Å². The molecule has 0 spiro atoms. The first kappa shape index (κ1) is 17.7. The summed E-state index contributed by atoms with van der Waals surface area (Å²) in [6.07, 6.45) is 0. The molecule has 1 radical (unpaired) electrons. The third-order valence-electron chi connectivity index (χ3n) is 4.61. The molecule has 8 heteroatoms. The maximum absolute atomic E-state index is 12.6. The van der Waals surface area contributed by atoms with Crippen LogP contribution in [0.4, 0.5) is 5.69 Å². The number of aromatic nitrogens is 4. The van der Waals surface area contributed by atoms with Crippen LogP contribution in [0.25, 0.3) is 22.6 Å². The Morgan fingerprint density at radius 1 is 1.28 bits per heavy atom. The molecule has 129 valence electrons. The molecule has 0 fully saturated rings. The molecule has 25 heavy (non-hydrogen) atoms. The summed E-state index contributed by atoms with van der Waals surface area (Å²) in [6, 6.07) is 5.76. The summed E-state index contributed by atoms with van der Waals surface area (Å²) in [4.78, 5) is 22.0. The van der Waals surface area contributed by atoms with Crippen molar-refractivity contribution in [1.82, 2.24) is 20.2 Å². The van der Waals surface area contributed by atoms with E-state index < -0.39 is 5.41 Å². The number of nitrogens with zero attached hydrogens (tertiary/aromatic N) is 3. The van der Waals surface area contributed by atoms with E-state index in [2.05, 4.69) is 20.2 Å². The first-order valence-corrected chi connectivity index (χ1v) is 7.88. The summed E-state index contributed by atoms with van der Waals surface area (Å²) in [6.45, 7) is 5.56. The van der Waals surface area contributed by atoms with Crippen LogP contribution in [0.1, 0.15) is 25.1 Å². The first-order valence-electron chi connectivity index (χ1n) is 7.88. The van der Waals surface area contributed by atoms with Crippen molar-refractivity contribution in [2.45, 2.75) is 26.2 Å². The van der Waals surface area contributed by atoms with Gasteiger partial charge in [0.1, 0.15) is 5.69 Å². The molecule has 3 aromatic rings. The number of amides is 1. The third-order valence-corrected chi connectivity index (χ3v) is 4.61. The molecule has 0 aliphatic carbocycles. The minimum absolute atomic E-state index is 0. The molecular formula is C17H18N5O2V-. The number of rotatable bonds is 3. The first-order chi connectivity index (χ1) is 11.4. The Morgan fingerprint density at radius 3 is 2.68 bits per heavy atom. The van der Waals surface area contributed by atoms with E-state index in [9.17, 15) is 9.90 Å². The summed E-state index contributed by atoms with van der Waals surface area (Å²) in [7, 11) is 0. The van der Waals surface area contributed by atoms with Crippen LogP contribution in [0.3, 0.4) is 0 Å². The molecular weight excluding hydrogens is 357 g/mol. The van der Waals surface area contributed by atoms with Gasteiger partial charge < -0.3 is 15.0 Å². The van der Waals surface area contributed by atoms with Crippen molar-refractivity contribution in [3.8, 4) is 11.5 Å². The van der Waals surface area contributed by atoms with Crippen molar-refractivity contribution in [2.24, 2.45) is 0 Å². The molecule has 4 rings (SSSR count). The molecule has 3 heterocycles. The Kier molecular flexibility index (Phi) is 4.27. The van der Waals surface area contributed by atoms with Gasteiger partial charge in [0.05, 0.1) is 22.1 Å². The monoisotopic (exact) mass is 375 g/mol. The summed E-state index contributed by atoms with van der Waals surface area (Å²) in [5.41, 5.74) is 4.37. The Morgan fingerprint density at radius 2 is 2.04 bits per heavy atom. The maximum Gasteiger partial charge on any atom is 0.237 e. The number of H-pyrrole nitrogens is 2. The van der Waals surface area contributed by atoms with Crippen molar-refractivity contribution in [2.75, 3.05) is 18.1 Å². The molecule has 2 aromatic heterocycles. The number of nitrogens with one attached hydrogen (secondary N) is 2. The van der Waals surface area contributed by atoms with E-state index >= 15 is 0 Å². The van der Waals surface area contributed by atoms with E-state index in [1.807, 2.05) is 39.0 Å². The van der Waals surface area contributed by atoms with Gasteiger partial charge >= 0.3 is 0 Å². The fourth-order valence-corrected chi connectivity index (χ4v) is 3.31. The van der Waals surface area contributed by atoms with Crippen LogP contribution in [0.2, 0.25) is 0 Å². The average Bonchev–Trinajstić information content (AvgIpc) is 3.19. The Bertz CT molecular complexity index is 959. The van der Waals surface area contributed by atoms with Crippen molar-refractivity contribution < 1.29 is 28.5 Å². The number of hydrogen-bond acceptors (Lipinski definition) is 4. The van der Waals surface area contributed by atoms with Crippen LogP contribution >= 0.6 is 0 Å². The molecule has 0 atom stereocenters. The normalized spacial score (nSPS) is 15.5. The number of aryl methyl sites for hydroxylation is 1. The Hall–Kier alpha value is -2.09. The topological polar surface area (TPSA) is 101 Å². The number of carbonyl (C=O) groups is 1. The minimum Gasteiger partial charge on any atom is -0.853 e. The molecule has 7 nitrogen and oxygen atoms in total. The number of benzene rings is 1. The largest absolute Gasteiger partial charge is 0.853 e. The number of fused-ring (bicyclic) bond motifs is 2. The number of anilines is 1. The summed E-state index contributed by atoms with van der Waals surface area (Å²) in [5.74, 6) is 0.640. The number of aromatic amines is 2. The van der Waals surface area contributed by atoms with E-state index in [4.69, 9.17) is 0 Å². The summed E-state index contributed by atoms with van der Waals surface area (Å²) in [5, 5.41) is 18.2. The molecule has 0 saturated heterocycles. The van der Waals surface area contributed by atoms with Gasteiger partial charge in [0.2, 0.25) is 5.91 Å². The van der Waals surface area contributed by atoms with Gasteiger partial charge in [0.25, 0.3) is 0 Å². The van der Waals surface area contributed by atoms with Gasteiger partial charge in [-0.25, -0.2) is 4.98 Å². The van der Waals surface area contributed by atoms with E-state index in [1.165, 1.54) is 0 Å². The van der Waals surface area contributed by atoms with Crippen LogP contribution in [0.15, 0.2) is 18.2 Å². The minimum atomic E-state index is -0.646. The zero-order chi connectivity index (χ0) is 17.1. The van der Waals surface area contributed by atoms with Gasteiger partial charge in [-0.2, -0.15) is 5.10 Å². The van der Waals surface area contributed by atoms with Gasteiger partial charge in [0, 0.05) is 30.8 Å². The molecule has 1 aliphatic heterocycles. The number of carbonyl (C=O) groups excluding carboxylic acids is 1. The second-order valence-electron chi connectivity index (χ2n) is 6.69. The summed E-state index contributed by atoms with van der Waals surface area (Å²) >= 11 is 0. The smallest absolute Gasteiger partial charge is 0.237 e. The second kappa shape index (κ2) is 6.02. The molecule has 1 aromatic carbocycles. The zero-order valence-electron chi connectivity index (χ0n) is 14.3. The maximum atomic E-state index is 12.6. The summed E-state index contributed by atoms with van der Waals surface area (Å²) < 4.78 is 0. The Balaban J connectivity index is 0.00000182. The van der Waals surface area contributed by atoms with Crippen LogP contribution in [-0.2, 0) is 28.8 Å². The van der Waals surface area contributed by atoms with Gasteiger partial charge in [-0.3, -0.25) is 9.89 Å². The molecule has 1 aliphatic rings. The quantitative estimate of drug-likeness (QED) is 0.719. The van der Waals surface area contributed by atoms with E-state index in [-0.39, 0.29) is 37.6 Å². The van der Waals surface area contributed by atoms with E-state index in [1.54, 1.807) is 4.90 Å².